The molecule has 1 aliphatic heterocycles. The van der Waals surface area contributed by atoms with Crippen molar-refractivity contribution >= 4 is 28.9 Å². The van der Waals surface area contributed by atoms with E-state index in [9.17, 15) is 4.79 Å². The van der Waals surface area contributed by atoms with E-state index in [0.717, 1.165) is 5.69 Å². The van der Waals surface area contributed by atoms with Crippen LogP contribution in [0.2, 0.25) is 5.15 Å². The first-order valence-electron chi connectivity index (χ1n) is 6.97. The van der Waals surface area contributed by atoms with E-state index in [2.05, 4.69) is 15.3 Å². The van der Waals surface area contributed by atoms with Gasteiger partial charge in [-0.15, -0.1) is 0 Å². The molecule has 1 aliphatic rings. The van der Waals surface area contributed by atoms with Gasteiger partial charge in [0.1, 0.15) is 28.1 Å². The van der Waals surface area contributed by atoms with Crippen LogP contribution in [0.4, 0.5) is 11.5 Å². The third-order valence-electron chi connectivity index (χ3n) is 3.33. The summed E-state index contributed by atoms with van der Waals surface area (Å²) in [6.45, 7) is 5.58. The smallest absolute Gasteiger partial charge is 0.170 e. The molecule has 22 heavy (non-hydrogen) atoms. The molecule has 0 unspecified atom stereocenters. The Bertz CT molecular complexity index is 739. The number of carbonyl (C=O) groups is 1. The standard InChI is InChI=1S/C16H16ClN3O2/c1-9-18-14(17)7-15(19-9)20-10-4-5-13-11(6-10)12(21)8-16(2,3)22-13/h4-7H,8H2,1-3H3,(H,18,19,20). The molecule has 0 saturated heterocycles. The minimum atomic E-state index is -0.462. The zero-order valence-electron chi connectivity index (χ0n) is 12.6. The number of benzene rings is 1. The number of nitrogens with one attached hydrogen (secondary N) is 1. The fourth-order valence-electron chi connectivity index (χ4n) is 2.47. The van der Waals surface area contributed by atoms with Crippen molar-refractivity contribution < 1.29 is 9.53 Å². The number of hydrogen-bond acceptors (Lipinski definition) is 5. The van der Waals surface area contributed by atoms with Crippen LogP contribution in [0.5, 0.6) is 5.75 Å². The van der Waals surface area contributed by atoms with Crippen molar-refractivity contribution in [3.05, 3.63) is 40.8 Å². The van der Waals surface area contributed by atoms with Gasteiger partial charge >= 0.3 is 0 Å². The number of ketones is 1. The fraction of sp³-hybridized carbons (Fsp3) is 0.312. The van der Waals surface area contributed by atoms with Gasteiger partial charge in [-0.25, -0.2) is 9.97 Å². The van der Waals surface area contributed by atoms with Gasteiger partial charge in [0, 0.05) is 11.8 Å². The van der Waals surface area contributed by atoms with Crippen LogP contribution in [0.15, 0.2) is 24.3 Å². The number of ether oxygens (including phenoxy) is 1. The molecule has 3 rings (SSSR count). The van der Waals surface area contributed by atoms with Crippen LogP contribution < -0.4 is 10.1 Å². The van der Waals surface area contributed by atoms with Crippen LogP contribution in [-0.4, -0.2) is 21.4 Å². The third-order valence-corrected chi connectivity index (χ3v) is 3.53. The van der Waals surface area contributed by atoms with Crippen molar-refractivity contribution in [3.63, 3.8) is 0 Å². The summed E-state index contributed by atoms with van der Waals surface area (Å²) in [4.78, 5) is 20.5. The minimum Gasteiger partial charge on any atom is -0.487 e. The predicted molar refractivity (Wildman–Crippen MR) is 85.2 cm³/mol. The zero-order chi connectivity index (χ0) is 15.9. The first kappa shape index (κ1) is 14.8. The number of carbonyl (C=O) groups excluding carboxylic acids is 1. The first-order chi connectivity index (χ1) is 10.3. The quantitative estimate of drug-likeness (QED) is 0.850. The number of nitrogens with zero attached hydrogens (tertiary/aromatic N) is 2. The van der Waals surface area contributed by atoms with Crippen LogP contribution >= 0.6 is 11.6 Å². The molecule has 1 N–H and O–H groups in total. The van der Waals surface area contributed by atoms with Crippen molar-refractivity contribution in [2.45, 2.75) is 32.8 Å². The molecule has 5 nitrogen and oxygen atoms in total. The maximum atomic E-state index is 12.3. The number of fused-ring (bicyclic) bond motifs is 1. The van der Waals surface area contributed by atoms with Gasteiger partial charge in [0.05, 0.1) is 12.0 Å². The predicted octanol–water partition coefficient (Wildman–Crippen LogP) is 3.93. The number of Topliss-reactive ketones (excluding diaryl/α,β-unsaturated/α-hetero) is 1. The second-order valence-corrected chi connectivity index (χ2v) is 6.31. The molecule has 0 aliphatic carbocycles. The van der Waals surface area contributed by atoms with Gasteiger partial charge in [-0.05, 0) is 39.0 Å². The van der Waals surface area contributed by atoms with E-state index in [0.29, 0.717) is 34.5 Å². The molecular weight excluding hydrogens is 302 g/mol. The zero-order valence-corrected chi connectivity index (χ0v) is 13.4. The van der Waals surface area contributed by atoms with Crippen LogP contribution in [-0.2, 0) is 0 Å². The second kappa shape index (κ2) is 5.25. The molecule has 2 aromatic rings. The first-order valence-corrected chi connectivity index (χ1v) is 7.35. The average molecular weight is 318 g/mol. The maximum Gasteiger partial charge on any atom is 0.170 e. The van der Waals surface area contributed by atoms with E-state index in [-0.39, 0.29) is 5.78 Å². The molecule has 0 amide bonds. The monoisotopic (exact) mass is 317 g/mol. The Labute approximate surface area is 133 Å². The lowest BCUT2D eigenvalue weighted by Gasteiger charge is -2.31. The Morgan fingerprint density at radius 2 is 2.05 bits per heavy atom. The molecule has 0 spiro atoms. The lowest BCUT2D eigenvalue weighted by Crippen LogP contribution is -2.35. The van der Waals surface area contributed by atoms with E-state index in [1.807, 2.05) is 19.9 Å². The van der Waals surface area contributed by atoms with Gasteiger partial charge in [-0.1, -0.05) is 11.6 Å². The van der Waals surface area contributed by atoms with Crippen LogP contribution in [0.1, 0.15) is 36.5 Å². The molecule has 0 bridgehead atoms. The SMILES string of the molecule is Cc1nc(Cl)cc(Nc2ccc3c(c2)C(=O)CC(C)(C)O3)n1. The van der Waals surface area contributed by atoms with Gasteiger partial charge in [0.2, 0.25) is 0 Å². The minimum absolute atomic E-state index is 0.0757. The summed E-state index contributed by atoms with van der Waals surface area (Å²) < 4.78 is 5.84. The summed E-state index contributed by atoms with van der Waals surface area (Å²) in [5, 5.41) is 3.50. The largest absolute Gasteiger partial charge is 0.487 e. The number of aromatic nitrogens is 2. The van der Waals surface area contributed by atoms with Crippen molar-refractivity contribution in [2.75, 3.05) is 5.32 Å². The van der Waals surface area contributed by atoms with Crippen molar-refractivity contribution in [1.82, 2.24) is 9.97 Å². The summed E-state index contributed by atoms with van der Waals surface area (Å²) in [6, 6.07) is 7.05. The van der Waals surface area contributed by atoms with E-state index in [1.165, 1.54) is 0 Å². The maximum absolute atomic E-state index is 12.3. The molecule has 2 heterocycles. The van der Waals surface area contributed by atoms with Gasteiger partial charge in [-0.3, -0.25) is 4.79 Å². The highest BCUT2D eigenvalue weighted by molar-refractivity contribution is 6.29. The topological polar surface area (TPSA) is 64.1 Å². The Kier molecular flexibility index (Phi) is 3.53. The van der Waals surface area contributed by atoms with Crippen LogP contribution in [0.25, 0.3) is 0 Å². The van der Waals surface area contributed by atoms with E-state index < -0.39 is 5.60 Å². The summed E-state index contributed by atoms with van der Waals surface area (Å²) in [7, 11) is 0. The second-order valence-electron chi connectivity index (χ2n) is 5.92. The number of aryl methyl sites for hydroxylation is 1. The van der Waals surface area contributed by atoms with Gasteiger partial charge < -0.3 is 10.1 Å². The van der Waals surface area contributed by atoms with E-state index >= 15 is 0 Å². The Balaban J connectivity index is 1.91. The lowest BCUT2D eigenvalue weighted by atomic mass is 9.93. The molecule has 0 atom stereocenters. The van der Waals surface area contributed by atoms with Crippen LogP contribution in [0.3, 0.4) is 0 Å². The van der Waals surface area contributed by atoms with Crippen molar-refractivity contribution in [3.8, 4) is 5.75 Å². The normalized spacial score (nSPS) is 15.9. The molecule has 0 saturated carbocycles. The van der Waals surface area contributed by atoms with Gasteiger partial charge in [0.25, 0.3) is 0 Å². The molecule has 0 fully saturated rings. The molecule has 6 heteroatoms. The van der Waals surface area contributed by atoms with Gasteiger partial charge in [-0.2, -0.15) is 0 Å². The van der Waals surface area contributed by atoms with Crippen molar-refractivity contribution in [2.24, 2.45) is 0 Å². The summed E-state index contributed by atoms with van der Waals surface area (Å²) >= 11 is 5.92. The van der Waals surface area contributed by atoms with Crippen LogP contribution in [0, 0.1) is 6.92 Å². The number of hydrogen-bond donors (Lipinski definition) is 1. The van der Waals surface area contributed by atoms with Crippen molar-refractivity contribution in [1.29, 1.82) is 0 Å². The molecular formula is C16H16ClN3O2. The average Bonchev–Trinajstić information content (AvgIpc) is 2.37. The molecule has 1 aromatic heterocycles. The highest BCUT2D eigenvalue weighted by atomic mass is 35.5. The Hall–Kier alpha value is -2.14. The number of anilines is 2. The highest BCUT2D eigenvalue weighted by Gasteiger charge is 2.32. The highest BCUT2D eigenvalue weighted by Crippen LogP contribution is 2.35. The molecule has 0 radical (unpaired) electrons. The number of rotatable bonds is 2. The van der Waals surface area contributed by atoms with E-state index in [1.54, 1.807) is 25.1 Å². The number of halogens is 1. The van der Waals surface area contributed by atoms with Gasteiger partial charge in [0.15, 0.2) is 5.78 Å². The fourth-order valence-corrected chi connectivity index (χ4v) is 2.70. The molecule has 1 aromatic carbocycles. The van der Waals surface area contributed by atoms with E-state index in [4.69, 9.17) is 16.3 Å². The summed E-state index contributed by atoms with van der Waals surface area (Å²) in [5.41, 5.74) is 0.877. The summed E-state index contributed by atoms with van der Waals surface area (Å²) in [5.74, 6) is 1.85. The summed E-state index contributed by atoms with van der Waals surface area (Å²) in [6.07, 6.45) is 0.363. The lowest BCUT2D eigenvalue weighted by molar-refractivity contribution is 0.0620. The Morgan fingerprint density at radius 3 is 2.77 bits per heavy atom. The molecule has 114 valence electrons. The third kappa shape index (κ3) is 3.04. The Morgan fingerprint density at radius 1 is 1.27 bits per heavy atom.